The first kappa shape index (κ1) is 13.5. The molecule has 2 rings (SSSR count). The fourth-order valence-electron chi connectivity index (χ4n) is 2.78. The summed E-state index contributed by atoms with van der Waals surface area (Å²) in [5.41, 5.74) is 7.68. The van der Waals surface area contributed by atoms with Crippen LogP contribution in [0.3, 0.4) is 0 Å². The molecule has 100 valence electrons. The van der Waals surface area contributed by atoms with E-state index >= 15 is 0 Å². The zero-order valence-corrected chi connectivity index (χ0v) is 11.8. The van der Waals surface area contributed by atoms with Crippen LogP contribution in [-0.2, 0) is 0 Å². The highest BCUT2D eigenvalue weighted by molar-refractivity contribution is 6.31. The summed E-state index contributed by atoms with van der Waals surface area (Å²) in [6.45, 7) is 3.32. The lowest BCUT2D eigenvalue weighted by Gasteiger charge is -2.28. The van der Waals surface area contributed by atoms with Crippen molar-refractivity contribution in [3.05, 3.63) is 23.2 Å². The summed E-state index contributed by atoms with van der Waals surface area (Å²) in [5.74, 6) is 1.74. The van der Waals surface area contributed by atoms with Crippen LogP contribution in [0.4, 0.5) is 11.4 Å². The average Bonchev–Trinajstić information content (AvgIpc) is 2.40. The summed E-state index contributed by atoms with van der Waals surface area (Å²) in [6.07, 6.45) is 6.78. The van der Waals surface area contributed by atoms with E-state index in [0.717, 1.165) is 34.8 Å². The lowest BCUT2D eigenvalue weighted by Crippen LogP contribution is -2.21. The van der Waals surface area contributed by atoms with Crippen LogP contribution in [0.15, 0.2) is 18.2 Å². The van der Waals surface area contributed by atoms with Gasteiger partial charge in [0.25, 0.3) is 0 Å². The number of benzene rings is 1. The summed E-state index contributed by atoms with van der Waals surface area (Å²) in [6, 6.07) is 5.60. The Bertz CT molecular complexity index is 384. The molecule has 0 heterocycles. The maximum atomic E-state index is 5.98. The Kier molecular flexibility index (Phi) is 4.76. The number of hydrogen-bond donors (Lipinski definition) is 2. The predicted octanol–water partition coefficient (Wildman–Crippen LogP) is 4.55. The van der Waals surface area contributed by atoms with E-state index in [1.165, 1.54) is 32.1 Å². The van der Waals surface area contributed by atoms with E-state index in [4.69, 9.17) is 17.3 Å². The molecule has 0 unspecified atom stereocenters. The molecule has 0 radical (unpaired) electrons. The molecule has 1 aromatic carbocycles. The van der Waals surface area contributed by atoms with Gasteiger partial charge in [-0.15, -0.1) is 0 Å². The highest BCUT2D eigenvalue weighted by atomic mass is 35.5. The van der Waals surface area contributed by atoms with Crippen molar-refractivity contribution in [2.24, 2.45) is 11.8 Å². The molecule has 2 nitrogen and oxygen atoms in total. The van der Waals surface area contributed by atoms with E-state index in [0.29, 0.717) is 0 Å². The van der Waals surface area contributed by atoms with Crippen LogP contribution in [0.1, 0.15) is 39.0 Å². The molecule has 3 heteroatoms. The topological polar surface area (TPSA) is 38.0 Å². The minimum Gasteiger partial charge on any atom is -0.397 e. The fraction of sp³-hybridized carbons (Fsp3) is 0.600. The number of anilines is 2. The molecule has 1 aromatic rings. The molecule has 1 aliphatic carbocycles. The fourth-order valence-corrected chi connectivity index (χ4v) is 2.95. The molecule has 1 aliphatic rings. The maximum absolute atomic E-state index is 5.98. The van der Waals surface area contributed by atoms with Crippen molar-refractivity contribution in [1.82, 2.24) is 0 Å². The lowest BCUT2D eigenvalue weighted by molar-refractivity contribution is 0.278. The van der Waals surface area contributed by atoms with Gasteiger partial charge in [-0.05, 0) is 42.9 Å². The number of hydrogen-bond acceptors (Lipinski definition) is 2. The molecular weight excluding hydrogens is 244 g/mol. The van der Waals surface area contributed by atoms with Crippen LogP contribution < -0.4 is 11.1 Å². The standard InChI is InChI=1S/C15H23ClN2/c1-2-11-3-5-12(6-4-11)10-18-15-9-13(16)7-8-14(15)17/h7-9,11-12,18H,2-6,10,17H2,1H3. The molecular formula is C15H23ClN2. The second-order valence-corrected chi connectivity index (χ2v) is 5.84. The van der Waals surface area contributed by atoms with Gasteiger partial charge in [0.05, 0.1) is 11.4 Å². The third kappa shape index (κ3) is 3.55. The van der Waals surface area contributed by atoms with E-state index in [-0.39, 0.29) is 0 Å². The molecule has 0 atom stereocenters. The van der Waals surface area contributed by atoms with Crippen LogP contribution in [0, 0.1) is 11.8 Å². The van der Waals surface area contributed by atoms with Gasteiger partial charge in [0.2, 0.25) is 0 Å². The second-order valence-electron chi connectivity index (χ2n) is 5.41. The highest BCUT2D eigenvalue weighted by Crippen LogP contribution is 2.31. The Morgan fingerprint density at radius 1 is 1.22 bits per heavy atom. The molecule has 18 heavy (non-hydrogen) atoms. The van der Waals surface area contributed by atoms with Gasteiger partial charge in [-0.1, -0.05) is 37.8 Å². The molecule has 1 saturated carbocycles. The zero-order chi connectivity index (χ0) is 13.0. The van der Waals surface area contributed by atoms with Crippen LogP contribution in [-0.4, -0.2) is 6.54 Å². The molecule has 3 N–H and O–H groups in total. The van der Waals surface area contributed by atoms with Gasteiger partial charge < -0.3 is 11.1 Å². The molecule has 0 saturated heterocycles. The van der Waals surface area contributed by atoms with Crippen LogP contribution in [0.5, 0.6) is 0 Å². The van der Waals surface area contributed by atoms with Gasteiger partial charge in [0, 0.05) is 11.6 Å². The van der Waals surface area contributed by atoms with Crippen LogP contribution in [0.2, 0.25) is 5.02 Å². The summed E-state index contributed by atoms with van der Waals surface area (Å²) in [5, 5.41) is 4.18. The zero-order valence-electron chi connectivity index (χ0n) is 11.1. The van der Waals surface area contributed by atoms with Crippen LogP contribution in [0.25, 0.3) is 0 Å². The van der Waals surface area contributed by atoms with Crippen molar-refractivity contribution in [3.8, 4) is 0 Å². The number of nitrogens with one attached hydrogen (secondary N) is 1. The van der Waals surface area contributed by atoms with Crippen molar-refractivity contribution in [3.63, 3.8) is 0 Å². The molecule has 0 aromatic heterocycles. The third-order valence-electron chi connectivity index (χ3n) is 4.14. The van der Waals surface area contributed by atoms with Gasteiger partial charge in [0.1, 0.15) is 0 Å². The van der Waals surface area contributed by atoms with Crippen molar-refractivity contribution in [1.29, 1.82) is 0 Å². The largest absolute Gasteiger partial charge is 0.397 e. The minimum atomic E-state index is 0.737. The average molecular weight is 267 g/mol. The van der Waals surface area contributed by atoms with Gasteiger partial charge in [-0.3, -0.25) is 0 Å². The number of nitrogens with two attached hydrogens (primary N) is 1. The summed E-state index contributed by atoms with van der Waals surface area (Å²) in [7, 11) is 0. The minimum absolute atomic E-state index is 0.737. The number of nitrogen functional groups attached to an aromatic ring is 1. The molecule has 0 aliphatic heterocycles. The molecule has 0 spiro atoms. The molecule has 0 amide bonds. The van der Waals surface area contributed by atoms with Gasteiger partial charge >= 0.3 is 0 Å². The molecule has 0 bridgehead atoms. The first-order chi connectivity index (χ1) is 8.69. The third-order valence-corrected chi connectivity index (χ3v) is 4.38. The Labute approximate surface area is 115 Å². The van der Waals surface area contributed by atoms with Gasteiger partial charge in [-0.25, -0.2) is 0 Å². The summed E-state index contributed by atoms with van der Waals surface area (Å²) in [4.78, 5) is 0. The van der Waals surface area contributed by atoms with Crippen molar-refractivity contribution in [2.45, 2.75) is 39.0 Å². The Morgan fingerprint density at radius 3 is 2.56 bits per heavy atom. The van der Waals surface area contributed by atoms with Crippen molar-refractivity contribution in [2.75, 3.05) is 17.6 Å². The predicted molar refractivity (Wildman–Crippen MR) is 80.1 cm³/mol. The highest BCUT2D eigenvalue weighted by Gasteiger charge is 2.19. The Morgan fingerprint density at radius 2 is 1.89 bits per heavy atom. The van der Waals surface area contributed by atoms with Gasteiger partial charge in [0.15, 0.2) is 0 Å². The van der Waals surface area contributed by atoms with E-state index in [2.05, 4.69) is 12.2 Å². The first-order valence-corrected chi connectivity index (χ1v) is 7.35. The SMILES string of the molecule is CCC1CCC(CNc2cc(Cl)ccc2N)CC1. The van der Waals surface area contributed by atoms with Crippen molar-refractivity contribution < 1.29 is 0 Å². The Hall–Kier alpha value is -0.890. The lowest BCUT2D eigenvalue weighted by atomic mass is 9.81. The normalized spacial score (nSPS) is 23.9. The van der Waals surface area contributed by atoms with E-state index in [1.54, 1.807) is 0 Å². The number of halogens is 1. The summed E-state index contributed by atoms with van der Waals surface area (Å²) < 4.78 is 0. The first-order valence-electron chi connectivity index (χ1n) is 6.98. The molecule has 1 fully saturated rings. The smallest absolute Gasteiger partial charge is 0.0588 e. The monoisotopic (exact) mass is 266 g/mol. The van der Waals surface area contributed by atoms with E-state index < -0.39 is 0 Å². The second kappa shape index (κ2) is 6.33. The number of rotatable bonds is 4. The van der Waals surface area contributed by atoms with E-state index in [9.17, 15) is 0 Å². The van der Waals surface area contributed by atoms with Crippen LogP contribution >= 0.6 is 11.6 Å². The summed E-state index contributed by atoms with van der Waals surface area (Å²) >= 11 is 5.98. The van der Waals surface area contributed by atoms with E-state index in [1.807, 2.05) is 18.2 Å². The van der Waals surface area contributed by atoms with Gasteiger partial charge in [-0.2, -0.15) is 0 Å². The maximum Gasteiger partial charge on any atom is 0.0588 e. The van der Waals surface area contributed by atoms with Crippen molar-refractivity contribution >= 4 is 23.0 Å². The Balaban J connectivity index is 1.83. The quantitative estimate of drug-likeness (QED) is 0.785.